The molecule has 4 rings (SSSR count). The Kier molecular flexibility index (Phi) is 3.48. The Morgan fingerprint density at radius 2 is 2.05 bits per heavy atom. The number of benzene rings is 1. The van der Waals surface area contributed by atoms with E-state index in [-0.39, 0.29) is 0 Å². The van der Waals surface area contributed by atoms with Gasteiger partial charge in [0, 0.05) is 42.8 Å². The predicted octanol–water partition coefficient (Wildman–Crippen LogP) is 2.74. The van der Waals surface area contributed by atoms with Crippen LogP contribution in [0.15, 0.2) is 12.1 Å². The molecule has 1 aromatic carbocycles. The maximum absolute atomic E-state index is 6.41. The van der Waals surface area contributed by atoms with Gasteiger partial charge in [-0.15, -0.1) is 0 Å². The second-order valence-corrected chi connectivity index (χ2v) is 6.77. The van der Waals surface area contributed by atoms with Crippen LogP contribution < -0.4 is 9.47 Å². The first-order valence-electron chi connectivity index (χ1n) is 7.77. The first-order valence-corrected chi connectivity index (χ1v) is 8.14. The van der Waals surface area contributed by atoms with Gasteiger partial charge in [-0.2, -0.15) is 0 Å². The lowest BCUT2D eigenvalue weighted by molar-refractivity contribution is 0.0540. The third kappa shape index (κ3) is 2.50. The van der Waals surface area contributed by atoms with Crippen molar-refractivity contribution in [3.8, 4) is 11.5 Å². The van der Waals surface area contributed by atoms with Gasteiger partial charge in [0.2, 0.25) is 6.79 Å². The van der Waals surface area contributed by atoms with Crippen molar-refractivity contribution in [2.75, 3.05) is 26.4 Å². The van der Waals surface area contributed by atoms with E-state index >= 15 is 0 Å². The van der Waals surface area contributed by atoms with Gasteiger partial charge in [0.25, 0.3) is 0 Å². The number of hydrogen-bond acceptors (Lipinski definition) is 4. The molecule has 0 aromatic heterocycles. The number of rotatable bonds is 2. The van der Waals surface area contributed by atoms with Crippen LogP contribution in [0.5, 0.6) is 11.5 Å². The topological polar surface area (TPSA) is 24.9 Å². The predicted molar refractivity (Wildman–Crippen MR) is 82.0 cm³/mol. The molecule has 0 radical (unpaired) electrons. The van der Waals surface area contributed by atoms with Crippen molar-refractivity contribution >= 4 is 11.6 Å². The normalized spacial score (nSPS) is 28.9. The van der Waals surface area contributed by atoms with Crippen molar-refractivity contribution in [3.63, 3.8) is 0 Å². The fourth-order valence-electron chi connectivity index (χ4n) is 3.77. The van der Waals surface area contributed by atoms with Crippen LogP contribution in [0.1, 0.15) is 25.3 Å². The second-order valence-electron chi connectivity index (χ2n) is 6.37. The molecule has 4 nitrogen and oxygen atoms in total. The molecule has 0 bridgehead atoms. The molecule has 0 saturated carbocycles. The van der Waals surface area contributed by atoms with Gasteiger partial charge < -0.3 is 9.47 Å². The Balaban J connectivity index is 1.53. The van der Waals surface area contributed by atoms with Crippen LogP contribution >= 0.6 is 11.6 Å². The van der Waals surface area contributed by atoms with E-state index in [2.05, 4.69) is 16.7 Å². The van der Waals surface area contributed by atoms with Crippen LogP contribution in [0.25, 0.3) is 0 Å². The minimum Gasteiger partial charge on any atom is -0.454 e. The van der Waals surface area contributed by atoms with E-state index in [1.165, 1.54) is 25.9 Å². The largest absolute Gasteiger partial charge is 0.454 e. The van der Waals surface area contributed by atoms with Gasteiger partial charge in [-0.05, 0) is 37.9 Å². The summed E-state index contributed by atoms with van der Waals surface area (Å²) in [7, 11) is 0. The lowest BCUT2D eigenvalue weighted by atomic mass is 10.1. The molecule has 21 heavy (non-hydrogen) atoms. The molecule has 0 amide bonds. The second kappa shape index (κ2) is 5.34. The van der Waals surface area contributed by atoms with Crippen molar-refractivity contribution in [3.05, 3.63) is 22.7 Å². The average molecular weight is 309 g/mol. The first-order chi connectivity index (χ1) is 10.2. The fourth-order valence-corrected chi connectivity index (χ4v) is 3.98. The zero-order valence-corrected chi connectivity index (χ0v) is 13.1. The highest BCUT2D eigenvalue weighted by atomic mass is 35.5. The molecule has 5 heteroatoms. The standard InChI is InChI=1S/C16H21ClN2O2/c1-11-7-18-4-2-3-13(18)9-19(11)8-12-5-15-16(6-14(12)17)21-10-20-15/h5-6,11,13H,2-4,7-10H2,1H3/t11-,13+/m1/s1. The molecule has 3 heterocycles. The summed E-state index contributed by atoms with van der Waals surface area (Å²) in [5.41, 5.74) is 1.14. The van der Waals surface area contributed by atoms with E-state index in [1.54, 1.807) is 0 Å². The van der Waals surface area contributed by atoms with Crippen LogP contribution in [0.3, 0.4) is 0 Å². The Labute approximate surface area is 130 Å². The summed E-state index contributed by atoms with van der Waals surface area (Å²) in [4.78, 5) is 5.19. The molecule has 2 fully saturated rings. The van der Waals surface area contributed by atoms with E-state index in [9.17, 15) is 0 Å². The van der Waals surface area contributed by atoms with E-state index in [0.717, 1.165) is 41.2 Å². The van der Waals surface area contributed by atoms with Gasteiger partial charge in [0.15, 0.2) is 11.5 Å². The minimum absolute atomic E-state index is 0.298. The summed E-state index contributed by atoms with van der Waals surface area (Å²) in [6.07, 6.45) is 2.67. The number of ether oxygens (including phenoxy) is 2. The van der Waals surface area contributed by atoms with E-state index in [4.69, 9.17) is 21.1 Å². The summed E-state index contributed by atoms with van der Waals surface area (Å²) in [6.45, 7) is 7.09. The highest BCUT2D eigenvalue weighted by Gasteiger charge is 2.34. The number of fused-ring (bicyclic) bond motifs is 2. The Morgan fingerprint density at radius 1 is 1.24 bits per heavy atom. The third-order valence-corrected chi connectivity index (χ3v) is 5.33. The first kappa shape index (κ1) is 13.7. The molecule has 0 aliphatic carbocycles. The van der Waals surface area contributed by atoms with Crippen molar-refractivity contribution in [2.45, 2.75) is 38.4 Å². The van der Waals surface area contributed by atoms with Gasteiger partial charge in [0.1, 0.15) is 0 Å². The van der Waals surface area contributed by atoms with Gasteiger partial charge in [-0.3, -0.25) is 9.80 Å². The highest BCUT2D eigenvalue weighted by molar-refractivity contribution is 6.31. The van der Waals surface area contributed by atoms with Crippen molar-refractivity contribution in [1.29, 1.82) is 0 Å². The molecule has 114 valence electrons. The zero-order valence-electron chi connectivity index (χ0n) is 12.3. The van der Waals surface area contributed by atoms with Gasteiger partial charge in [-0.25, -0.2) is 0 Å². The lowest BCUT2D eigenvalue weighted by Gasteiger charge is -2.42. The summed E-state index contributed by atoms with van der Waals surface area (Å²) in [6, 6.07) is 5.23. The number of halogens is 1. The monoisotopic (exact) mass is 308 g/mol. The molecule has 3 aliphatic heterocycles. The van der Waals surface area contributed by atoms with Gasteiger partial charge in [0.05, 0.1) is 0 Å². The molecule has 0 unspecified atom stereocenters. The Bertz CT molecular complexity index is 551. The Morgan fingerprint density at radius 3 is 2.90 bits per heavy atom. The number of piperazine rings is 1. The minimum atomic E-state index is 0.298. The van der Waals surface area contributed by atoms with Crippen molar-refractivity contribution < 1.29 is 9.47 Å². The van der Waals surface area contributed by atoms with Gasteiger partial charge >= 0.3 is 0 Å². The molecule has 0 N–H and O–H groups in total. The van der Waals surface area contributed by atoms with Crippen molar-refractivity contribution in [2.24, 2.45) is 0 Å². The Hall–Kier alpha value is -0.970. The average Bonchev–Trinajstić information content (AvgIpc) is 3.07. The molecule has 0 spiro atoms. The van der Waals surface area contributed by atoms with Crippen LogP contribution in [0.2, 0.25) is 5.02 Å². The maximum atomic E-state index is 6.41. The van der Waals surface area contributed by atoms with Crippen LogP contribution in [-0.2, 0) is 6.54 Å². The van der Waals surface area contributed by atoms with E-state index in [1.807, 2.05) is 12.1 Å². The smallest absolute Gasteiger partial charge is 0.231 e. The van der Waals surface area contributed by atoms with Gasteiger partial charge in [-0.1, -0.05) is 11.6 Å². The van der Waals surface area contributed by atoms with E-state index < -0.39 is 0 Å². The molecular formula is C16H21ClN2O2. The van der Waals surface area contributed by atoms with Crippen LogP contribution in [-0.4, -0.2) is 48.3 Å². The molecule has 2 atom stereocenters. The zero-order chi connectivity index (χ0) is 14.4. The quantitative estimate of drug-likeness (QED) is 0.839. The fraction of sp³-hybridized carbons (Fsp3) is 0.625. The SMILES string of the molecule is C[C@@H]1CN2CCC[C@H]2CN1Cc1cc2c(cc1Cl)OCO2. The maximum Gasteiger partial charge on any atom is 0.231 e. The number of hydrogen-bond donors (Lipinski definition) is 0. The summed E-state index contributed by atoms with van der Waals surface area (Å²) in [5.74, 6) is 1.58. The van der Waals surface area contributed by atoms with Crippen LogP contribution in [0.4, 0.5) is 0 Å². The van der Waals surface area contributed by atoms with E-state index in [0.29, 0.717) is 12.8 Å². The van der Waals surface area contributed by atoms with Crippen LogP contribution in [0, 0.1) is 0 Å². The number of nitrogens with zero attached hydrogens (tertiary/aromatic N) is 2. The third-order valence-electron chi connectivity index (χ3n) is 4.98. The van der Waals surface area contributed by atoms with Crippen molar-refractivity contribution in [1.82, 2.24) is 9.80 Å². The summed E-state index contributed by atoms with van der Waals surface area (Å²) >= 11 is 6.41. The summed E-state index contributed by atoms with van der Waals surface area (Å²) in [5, 5.41) is 0.778. The molecule has 2 saturated heterocycles. The summed E-state index contributed by atoms with van der Waals surface area (Å²) < 4.78 is 10.8. The highest BCUT2D eigenvalue weighted by Crippen LogP contribution is 2.37. The molecule has 3 aliphatic rings. The molecular weight excluding hydrogens is 288 g/mol. The molecule has 1 aromatic rings. The lowest BCUT2D eigenvalue weighted by Crippen LogP contribution is -2.54.